The minimum absolute atomic E-state index is 0.190. The summed E-state index contributed by atoms with van der Waals surface area (Å²) in [5.74, 6) is 1.28. The molecule has 34 heavy (non-hydrogen) atoms. The van der Waals surface area contributed by atoms with Crippen molar-refractivity contribution in [2.24, 2.45) is 17.6 Å². The molecule has 2 fully saturated rings. The topological polar surface area (TPSA) is 162 Å². The number of aliphatic hydroxyl groups excluding tert-OH is 3. The zero-order valence-corrected chi connectivity index (χ0v) is 20.1. The molecule has 5 atom stereocenters. The Morgan fingerprint density at radius 1 is 1.21 bits per heavy atom. The third kappa shape index (κ3) is 4.34. The van der Waals surface area contributed by atoms with Crippen LogP contribution in [0.1, 0.15) is 37.6 Å². The molecule has 0 unspecified atom stereocenters. The van der Waals surface area contributed by atoms with Gasteiger partial charge in [0.1, 0.15) is 22.4 Å². The van der Waals surface area contributed by atoms with Crippen molar-refractivity contribution in [3.8, 4) is 10.6 Å². The first-order valence-corrected chi connectivity index (χ1v) is 12.5. The predicted molar refractivity (Wildman–Crippen MR) is 131 cm³/mol. The first-order valence-electron chi connectivity index (χ1n) is 11.7. The Kier molecular flexibility index (Phi) is 6.38. The van der Waals surface area contributed by atoms with Crippen LogP contribution in [0.3, 0.4) is 0 Å². The smallest absolute Gasteiger partial charge is 0.225 e. The van der Waals surface area contributed by atoms with E-state index < -0.39 is 24.2 Å². The summed E-state index contributed by atoms with van der Waals surface area (Å²) < 4.78 is 0.969. The lowest BCUT2D eigenvalue weighted by molar-refractivity contribution is 0.00446. The molecule has 0 radical (unpaired) electrons. The van der Waals surface area contributed by atoms with E-state index in [9.17, 15) is 15.3 Å². The number of aromatic nitrogens is 4. The minimum atomic E-state index is -1.02. The number of hydrogen-bond donors (Lipinski definition) is 6. The van der Waals surface area contributed by atoms with Gasteiger partial charge in [0.15, 0.2) is 0 Å². The number of hydrogen-bond acceptors (Lipinski definition) is 11. The molecule has 2 saturated carbocycles. The molecule has 0 bridgehead atoms. The maximum atomic E-state index is 10.6. The predicted octanol–water partition coefficient (Wildman–Crippen LogP) is 1.64. The van der Waals surface area contributed by atoms with E-state index in [1.165, 1.54) is 24.2 Å². The zero-order valence-electron chi connectivity index (χ0n) is 19.3. The summed E-state index contributed by atoms with van der Waals surface area (Å²) >= 11 is 1.51. The van der Waals surface area contributed by atoms with Gasteiger partial charge in [-0.2, -0.15) is 4.98 Å². The Hall–Kier alpha value is -2.44. The number of anilines is 2. The molecule has 3 aromatic heterocycles. The average molecular weight is 486 g/mol. The van der Waals surface area contributed by atoms with Crippen LogP contribution in [-0.4, -0.2) is 66.2 Å². The highest BCUT2D eigenvalue weighted by molar-refractivity contribution is 7.21. The summed E-state index contributed by atoms with van der Waals surface area (Å²) in [7, 11) is 0. The lowest BCUT2D eigenvalue weighted by Crippen LogP contribution is -2.36. The molecular weight excluding hydrogens is 454 g/mol. The van der Waals surface area contributed by atoms with Crippen molar-refractivity contribution >= 4 is 33.3 Å². The fourth-order valence-electron chi connectivity index (χ4n) is 4.70. The van der Waals surface area contributed by atoms with Gasteiger partial charge in [0.05, 0.1) is 33.8 Å². The lowest BCUT2D eigenvalue weighted by atomic mass is 10.1. The minimum Gasteiger partial charge on any atom is -0.396 e. The van der Waals surface area contributed by atoms with Gasteiger partial charge in [0.25, 0.3) is 0 Å². The van der Waals surface area contributed by atoms with Gasteiger partial charge in [-0.15, -0.1) is 11.3 Å². The summed E-state index contributed by atoms with van der Waals surface area (Å²) in [6.07, 6.45) is 2.53. The number of nitrogens with one attached hydrogen (secondary N) is 2. The SMILES string of the molecule is Cc1nc(N[C@H](C)C2CC2)nc(N[C@@H]2C[C@H](CO)[C@@H](O)[C@H]2O)c1-c1nc2c(CN)nccc2s1. The Balaban J connectivity index is 1.56. The van der Waals surface area contributed by atoms with E-state index in [2.05, 4.69) is 22.5 Å². The first kappa shape index (κ1) is 23.3. The van der Waals surface area contributed by atoms with Crippen molar-refractivity contribution in [1.29, 1.82) is 0 Å². The van der Waals surface area contributed by atoms with Gasteiger partial charge in [-0.1, -0.05) is 0 Å². The van der Waals surface area contributed by atoms with Crippen LogP contribution in [0, 0.1) is 18.8 Å². The van der Waals surface area contributed by atoms with E-state index in [1.807, 2.05) is 13.0 Å². The van der Waals surface area contributed by atoms with Gasteiger partial charge < -0.3 is 31.7 Å². The number of fused-ring (bicyclic) bond motifs is 1. The maximum absolute atomic E-state index is 10.6. The highest BCUT2D eigenvalue weighted by Gasteiger charge is 2.41. The van der Waals surface area contributed by atoms with Gasteiger partial charge in [0, 0.05) is 31.3 Å². The number of aryl methyl sites for hydroxylation is 1. The highest BCUT2D eigenvalue weighted by atomic mass is 32.1. The van der Waals surface area contributed by atoms with Crippen LogP contribution in [0.5, 0.6) is 0 Å². The van der Waals surface area contributed by atoms with Crippen LogP contribution in [0.2, 0.25) is 0 Å². The number of pyridine rings is 1. The van der Waals surface area contributed by atoms with Crippen LogP contribution >= 0.6 is 11.3 Å². The Morgan fingerprint density at radius 2 is 2.00 bits per heavy atom. The van der Waals surface area contributed by atoms with Crippen LogP contribution in [-0.2, 0) is 6.54 Å². The fraction of sp³-hybridized carbons (Fsp3) is 0.565. The number of nitrogens with two attached hydrogens (primary N) is 1. The molecule has 3 heterocycles. The summed E-state index contributed by atoms with van der Waals surface area (Å²) in [6, 6.07) is 1.70. The number of thiazole rings is 1. The second kappa shape index (κ2) is 9.31. The molecule has 11 heteroatoms. The van der Waals surface area contributed by atoms with E-state index in [0.717, 1.165) is 32.2 Å². The lowest BCUT2D eigenvalue weighted by Gasteiger charge is -2.22. The number of nitrogens with zero attached hydrogens (tertiary/aromatic N) is 4. The summed E-state index contributed by atoms with van der Waals surface area (Å²) in [6.45, 7) is 4.15. The average Bonchev–Trinajstić information content (AvgIpc) is 3.53. The van der Waals surface area contributed by atoms with Crippen molar-refractivity contribution in [2.75, 3.05) is 17.2 Å². The molecule has 0 amide bonds. The molecule has 182 valence electrons. The van der Waals surface area contributed by atoms with Crippen LogP contribution in [0.15, 0.2) is 12.3 Å². The van der Waals surface area contributed by atoms with Gasteiger partial charge in [-0.25, -0.2) is 9.97 Å². The van der Waals surface area contributed by atoms with Crippen molar-refractivity contribution in [1.82, 2.24) is 19.9 Å². The van der Waals surface area contributed by atoms with Gasteiger partial charge in [-0.05, 0) is 45.1 Å². The Labute approximate surface area is 201 Å². The molecule has 0 aromatic carbocycles. The second-order valence-corrected chi connectivity index (χ2v) is 10.4. The third-order valence-electron chi connectivity index (χ3n) is 6.92. The summed E-state index contributed by atoms with van der Waals surface area (Å²) in [5.41, 5.74) is 8.84. The van der Waals surface area contributed by atoms with Crippen molar-refractivity contribution in [3.05, 3.63) is 23.7 Å². The molecule has 3 aromatic rings. The number of aliphatic hydroxyl groups is 3. The molecule has 10 nitrogen and oxygen atoms in total. The van der Waals surface area contributed by atoms with E-state index in [4.69, 9.17) is 20.7 Å². The molecular formula is C23H31N7O3S. The molecule has 0 spiro atoms. The monoisotopic (exact) mass is 485 g/mol. The molecule has 0 saturated heterocycles. The molecule has 2 aliphatic rings. The maximum Gasteiger partial charge on any atom is 0.225 e. The van der Waals surface area contributed by atoms with E-state index in [1.54, 1.807) is 6.20 Å². The van der Waals surface area contributed by atoms with Crippen LogP contribution < -0.4 is 16.4 Å². The van der Waals surface area contributed by atoms with Gasteiger partial charge in [-0.3, -0.25) is 4.98 Å². The normalized spacial score (nSPS) is 25.6. The Bertz CT molecular complexity index is 1180. The van der Waals surface area contributed by atoms with Crippen molar-refractivity contribution in [2.45, 2.75) is 63.9 Å². The van der Waals surface area contributed by atoms with Gasteiger partial charge >= 0.3 is 0 Å². The van der Waals surface area contributed by atoms with E-state index in [-0.39, 0.29) is 19.2 Å². The molecule has 2 aliphatic carbocycles. The quantitative estimate of drug-likeness (QED) is 0.276. The van der Waals surface area contributed by atoms with Crippen molar-refractivity contribution < 1.29 is 15.3 Å². The third-order valence-corrected chi connectivity index (χ3v) is 7.96. The number of rotatable bonds is 8. The largest absolute Gasteiger partial charge is 0.396 e. The highest BCUT2D eigenvalue weighted by Crippen LogP contribution is 2.39. The molecule has 5 rings (SSSR count). The standard InChI is InChI=1S/C23H31N7O3S/c1-10(12-3-4-12)26-23-27-11(2)17(22-29-18-15(8-24)25-6-5-16(18)34-22)21(30-23)28-14-7-13(9-31)19(32)20(14)33/h5-6,10,12-14,19-20,31-33H,3-4,7-9,24H2,1-2H3,(H2,26,27,28,30)/t10-,13-,14-,19-,20+/m1/s1. The second-order valence-electron chi connectivity index (χ2n) is 9.36. The van der Waals surface area contributed by atoms with Gasteiger partial charge in [0.2, 0.25) is 5.95 Å². The molecule has 0 aliphatic heterocycles. The van der Waals surface area contributed by atoms with E-state index in [0.29, 0.717) is 24.1 Å². The summed E-state index contributed by atoms with van der Waals surface area (Å²) in [5, 5.41) is 38.0. The van der Waals surface area contributed by atoms with E-state index >= 15 is 0 Å². The van der Waals surface area contributed by atoms with Crippen LogP contribution in [0.4, 0.5) is 11.8 Å². The van der Waals surface area contributed by atoms with Crippen molar-refractivity contribution in [3.63, 3.8) is 0 Å². The Morgan fingerprint density at radius 3 is 2.68 bits per heavy atom. The summed E-state index contributed by atoms with van der Waals surface area (Å²) in [4.78, 5) is 18.7. The fourth-order valence-corrected chi connectivity index (χ4v) is 5.78. The first-order chi connectivity index (χ1) is 16.4. The van der Waals surface area contributed by atoms with Crippen LogP contribution in [0.25, 0.3) is 20.8 Å². The molecule has 7 N–H and O–H groups in total. The zero-order chi connectivity index (χ0) is 24.0.